The Labute approximate surface area is 155 Å². The van der Waals surface area contributed by atoms with Crippen LogP contribution in [0.5, 0.6) is 5.88 Å². The first kappa shape index (κ1) is 17.0. The Balaban J connectivity index is 1.67. The molecule has 1 aliphatic carbocycles. The summed E-state index contributed by atoms with van der Waals surface area (Å²) in [7, 11) is 3.34. The van der Waals surface area contributed by atoms with Crippen LogP contribution in [0.15, 0.2) is 29.6 Å². The fraction of sp³-hybridized carbons (Fsp3) is 0.421. The van der Waals surface area contributed by atoms with Crippen molar-refractivity contribution in [2.75, 3.05) is 14.2 Å². The van der Waals surface area contributed by atoms with E-state index in [0.29, 0.717) is 18.0 Å². The number of carbonyl (C=O) groups excluding carboxylic acids is 2. The van der Waals surface area contributed by atoms with Crippen molar-refractivity contribution in [2.24, 2.45) is 0 Å². The van der Waals surface area contributed by atoms with Gasteiger partial charge in [0.05, 0.1) is 19.2 Å². The molecule has 1 aromatic heterocycles. The summed E-state index contributed by atoms with van der Waals surface area (Å²) >= 11 is 1.30. The monoisotopic (exact) mass is 372 g/mol. The molecule has 2 aromatic rings. The SMILES string of the molecule is COc1nscc1CN(C)C(=O)C1c2ccccc2C(=O)OC12CCC2. The van der Waals surface area contributed by atoms with Crippen LogP contribution in [0.2, 0.25) is 0 Å². The standard InChI is InChI=1S/C19H20N2O4S/c1-21(10-12-11-26-20-16(12)24-2)17(22)15-13-6-3-4-7-14(13)18(23)25-19(15)8-5-9-19/h3-4,6-7,11,15H,5,8-10H2,1-2H3. The zero-order valence-electron chi connectivity index (χ0n) is 14.7. The van der Waals surface area contributed by atoms with Crippen LogP contribution in [0.1, 0.15) is 46.7 Å². The summed E-state index contributed by atoms with van der Waals surface area (Å²) in [6.07, 6.45) is 2.41. The maximum atomic E-state index is 13.4. The van der Waals surface area contributed by atoms with Gasteiger partial charge in [-0.3, -0.25) is 4.79 Å². The second-order valence-electron chi connectivity index (χ2n) is 6.87. The van der Waals surface area contributed by atoms with Crippen LogP contribution in [0.4, 0.5) is 0 Å². The van der Waals surface area contributed by atoms with Gasteiger partial charge in [0.1, 0.15) is 11.5 Å². The van der Waals surface area contributed by atoms with E-state index in [9.17, 15) is 9.59 Å². The second-order valence-corrected chi connectivity index (χ2v) is 7.50. The van der Waals surface area contributed by atoms with Gasteiger partial charge in [0.15, 0.2) is 0 Å². The van der Waals surface area contributed by atoms with Crippen molar-refractivity contribution >= 4 is 23.4 Å². The number of aromatic nitrogens is 1. The van der Waals surface area contributed by atoms with Crippen LogP contribution in [-0.4, -0.2) is 40.9 Å². The molecule has 1 unspecified atom stereocenters. The number of hydrogen-bond acceptors (Lipinski definition) is 6. The normalized spacial score (nSPS) is 20.1. The molecule has 136 valence electrons. The number of methoxy groups -OCH3 is 1. The number of amides is 1. The van der Waals surface area contributed by atoms with Gasteiger partial charge in [-0.05, 0) is 42.4 Å². The molecular weight excluding hydrogens is 352 g/mol. The van der Waals surface area contributed by atoms with E-state index in [1.807, 2.05) is 17.5 Å². The third-order valence-electron chi connectivity index (χ3n) is 5.34. The Hall–Kier alpha value is -2.41. The minimum absolute atomic E-state index is 0.0436. The van der Waals surface area contributed by atoms with E-state index in [0.717, 1.165) is 30.4 Å². The molecule has 6 nitrogen and oxygen atoms in total. The van der Waals surface area contributed by atoms with Crippen LogP contribution in [0.25, 0.3) is 0 Å². The lowest BCUT2D eigenvalue weighted by atomic mass is 9.65. The Morgan fingerprint density at radius 3 is 2.88 bits per heavy atom. The number of nitrogens with zero attached hydrogens (tertiary/aromatic N) is 2. The smallest absolute Gasteiger partial charge is 0.339 e. The molecule has 4 rings (SSSR count). The van der Waals surface area contributed by atoms with Crippen molar-refractivity contribution in [3.05, 3.63) is 46.3 Å². The van der Waals surface area contributed by atoms with E-state index < -0.39 is 11.5 Å². The van der Waals surface area contributed by atoms with Crippen molar-refractivity contribution < 1.29 is 19.1 Å². The third-order valence-corrected chi connectivity index (χ3v) is 6.00. The van der Waals surface area contributed by atoms with E-state index in [2.05, 4.69) is 4.37 Å². The maximum Gasteiger partial charge on any atom is 0.339 e. The van der Waals surface area contributed by atoms with Crippen LogP contribution in [0, 0.1) is 0 Å². The van der Waals surface area contributed by atoms with E-state index in [1.165, 1.54) is 11.5 Å². The van der Waals surface area contributed by atoms with Gasteiger partial charge in [-0.15, -0.1) is 0 Å². The molecule has 26 heavy (non-hydrogen) atoms. The minimum Gasteiger partial charge on any atom is -0.480 e. The van der Waals surface area contributed by atoms with E-state index in [-0.39, 0.29) is 11.9 Å². The molecule has 0 saturated heterocycles. The quantitative estimate of drug-likeness (QED) is 0.772. The molecule has 0 bridgehead atoms. The summed E-state index contributed by atoms with van der Waals surface area (Å²) in [6, 6.07) is 7.27. The van der Waals surface area contributed by atoms with Crippen molar-refractivity contribution in [3.8, 4) is 5.88 Å². The largest absolute Gasteiger partial charge is 0.480 e. The van der Waals surface area contributed by atoms with Gasteiger partial charge in [0.25, 0.3) is 0 Å². The first-order valence-electron chi connectivity index (χ1n) is 8.60. The van der Waals surface area contributed by atoms with Crippen molar-refractivity contribution in [2.45, 2.75) is 37.3 Å². The number of likely N-dealkylation sites (N-methyl/N-ethyl adjacent to an activating group) is 1. The number of carbonyl (C=O) groups is 2. The summed E-state index contributed by atoms with van der Waals surface area (Å²) in [5.74, 6) is -0.287. The summed E-state index contributed by atoms with van der Waals surface area (Å²) in [5, 5.41) is 1.89. The van der Waals surface area contributed by atoms with E-state index in [1.54, 1.807) is 31.2 Å². The molecule has 1 aromatic carbocycles. The summed E-state index contributed by atoms with van der Waals surface area (Å²) in [4.78, 5) is 27.5. The molecule has 1 saturated carbocycles. The van der Waals surface area contributed by atoms with E-state index >= 15 is 0 Å². The number of esters is 1. The van der Waals surface area contributed by atoms with E-state index in [4.69, 9.17) is 9.47 Å². The second kappa shape index (κ2) is 6.39. The molecular formula is C19H20N2O4S. The molecule has 0 radical (unpaired) electrons. The van der Waals surface area contributed by atoms with Crippen LogP contribution in [-0.2, 0) is 16.1 Å². The number of fused-ring (bicyclic) bond motifs is 1. The van der Waals surface area contributed by atoms with Gasteiger partial charge in [0, 0.05) is 18.0 Å². The topological polar surface area (TPSA) is 68.7 Å². The number of ether oxygens (including phenoxy) is 2. The predicted octanol–water partition coefficient (Wildman–Crippen LogP) is 2.99. The number of benzene rings is 1. The minimum atomic E-state index is -0.701. The molecule has 1 fully saturated rings. The zero-order chi connectivity index (χ0) is 18.3. The molecule has 2 aliphatic rings. The average molecular weight is 372 g/mol. The first-order chi connectivity index (χ1) is 12.6. The molecule has 1 aliphatic heterocycles. The molecule has 0 N–H and O–H groups in total. The highest BCUT2D eigenvalue weighted by molar-refractivity contribution is 7.03. The number of hydrogen-bond donors (Lipinski definition) is 0. The van der Waals surface area contributed by atoms with Gasteiger partial charge < -0.3 is 14.4 Å². The molecule has 7 heteroatoms. The van der Waals surface area contributed by atoms with Gasteiger partial charge in [-0.1, -0.05) is 18.2 Å². The van der Waals surface area contributed by atoms with Gasteiger partial charge in [-0.25, -0.2) is 4.79 Å². The van der Waals surface area contributed by atoms with Crippen LogP contribution >= 0.6 is 11.5 Å². The lowest BCUT2D eigenvalue weighted by Gasteiger charge is -2.49. The lowest BCUT2D eigenvalue weighted by molar-refractivity contribution is -0.147. The zero-order valence-corrected chi connectivity index (χ0v) is 15.5. The highest BCUT2D eigenvalue weighted by atomic mass is 32.1. The van der Waals surface area contributed by atoms with Crippen molar-refractivity contribution in [1.29, 1.82) is 0 Å². The summed E-state index contributed by atoms with van der Waals surface area (Å²) in [6.45, 7) is 0.404. The molecule has 1 spiro atoms. The Morgan fingerprint density at radius 1 is 1.42 bits per heavy atom. The predicted molar refractivity (Wildman–Crippen MR) is 96.3 cm³/mol. The third kappa shape index (κ3) is 2.58. The van der Waals surface area contributed by atoms with Gasteiger partial charge >= 0.3 is 5.97 Å². The fourth-order valence-electron chi connectivity index (χ4n) is 3.86. The van der Waals surface area contributed by atoms with Crippen molar-refractivity contribution in [1.82, 2.24) is 9.27 Å². The highest BCUT2D eigenvalue weighted by Gasteiger charge is 2.55. The average Bonchev–Trinajstić information content (AvgIpc) is 3.06. The highest BCUT2D eigenvalue weighted by Crippen LogP contribution is 2.51. The Bertz CT molecular complexity index is 859. The van der Waals surface area contributed by atoms with Gasteiger partial charge in [0.2, 0.25) is 11.8 Å². The molecule has 1 atom stereocenters. The van der Waals surface area contributed by atoms with Crippen molar-refractivity contribution in [3.63, 3.8) is 0 Å². The Morgan fingerprint density at radius 2 is 2.19 bits per heavy atom. The lowest BCUT2D eigenvalue weighted by Crippen LogP contribution is -2.55. The van der Waals surface area contributed by atoms with Crippen LogP contribution in [0.3, 0.4) is 0 Å². The molecule has 1 amide bonds. The Kier molecular flexibility index (Phi) is 4.19. The molecule has 2 heterocycles. The summed E-state index contributed by atoms with van der Waals surface area (Å²) < 4.78 is 15.2. The fourth-order valence-corrected chi connectivity index (χ4v) is 4.51. The summed E-state index contributed by atoms with van der Waals surface area (Å²) in [5.41, 5.74) is 1.44. The van der Waals surface area contributed by atoms with Crippen LogP contribution < -0.4 is 4.74 Å². The number of rotatable bonds is 4. The van der Waals surface area contributed by atoms with Gasteiger partial charge in [-0.2, -0.15) is 4.37 Å². The maximum absolute atomic E-state index is 13.4. The first-order valence-corrected chi connectivity index (χ1v) is 9.44.